The third-order valence-electron chi connectivity index (χ3n) is 6.28. The monoisotopic (exact) mass is 455 g/mol. The summed E-state index contributed by atoms with van der Waals surface area (Å²) < 4.78 is 12.7. The molecule has 0 spiro atoms. The van der Waals surface area contributed by atoms with Gasteiger partial charge in [-0.25, -0.2) is 0 Å². The van der Waals surface area contributed by atoms with Crippen molar-refractivity contribution >= 4 is 28.4 Å². The van der Waals surface area contributed by atoms with Gasteiger partial charge < -0.3 is 24.3 Å². The molecule has 172 valence electrons. The number of rotatable bonds is 6. The molecule has 1 aliphatic heterocycles. The fourth-order valence-electron chi connectivity index (χ4n) is 4.71. The van der Waals surface area contributed by atoms with Crippen LogP contribution >= 0.6 is 0 Å². The molecular weight excluding hydrogens is 430 g/mol. The zero-order chi connectivity index (χ0) is 23.8. The summed E-state index contributed by atoms with van der Waals surface area (Å²) in [6.45, 7) is -0.101. The minimum Gasteiger partial charge on any atom is -0.497 e. The highest BCUT2D eigenvalue weighted by atomic mass is 16.5. The second-order valence-electron chi connectivity index (χ2n) is 8.25. The first-order valence-corrected chi connectivity index (χ1v) is 11.0. The number of anilines is 1. The van der Waals surface area contributed by atoms with Crippen LogP contribution in [0.15, 0.2) is 72.9 Å². The van der Waals surface area contributed by atoms with E-state index in [1.165, 1.54) is 7.11 Å². The van der Waals surface area contributed by atoms with Crippen molar-refractivity contribution in [2.45, 2.75) is 6.04 Å². The molecule has 0 aliphatic carbocycles. The molecule has 0 saturated heterocycles. The number of carbonyl (C=O) groups is 2. The molecule has 0 unspecified atom stereocenters. The normalized spacial score (nSPS) is 14.9. The van der Waals surface area contributed by atoms with Gasteiger partial charge >= 0.3 is 0 Å². The lowest BCUT2D eigenvalue weighted by Crippen LogP contribution is -2.36. The molecule has 7 nitrogen and oxygen atoms in total. The Balaban J connectivity index is 1.50. The van der Waals surface area contributed by atoms with Crippen LogP contribution < -0.4 is 14.8 Å². The average Bonchev–Trinajstić information content (AvgIpc) is 3.33. The van der Waals surface area contributed by atoms with Crippen LogP contribution in [0.1, 0.15) is 27.5 Å². The first-order chi connectivity index (χ1) is 16.5. The molecule has 0 radical (unpaired) electrons. The zero-order valence-corrected chi connectivity index (χ0v) is 19.2. The zero-order valence-electron chi connectivity index (χ0n) is 19.2. The maximum atomic E-state index is 13.4. The Bertz CT molecular complexity index is 1410. The van der Waals surface area contributed by atoms with E-state index in [1.54, 1.807) is 30.2 Å². The van der Waals surface area contributed by atoms with Crippen LogP contribution in [0.4, 0.5) is 5.69 Å². The van der Waals surface area contributed by atoms with Crippen molar-refractivity contribution in [2.24, 2.45) is 7.05 Å². The lowest BCUT2D eigenvalue weighted by molar-refractivity contribution is -0.117. The van der Waals surface area contributed by atoms with Crippen molar-refractivity contribution in [3.8, 4) is 11.5 Å². The van der Waals surface area contributed by atoms with Crippen LogP contribution in [-0.2, 0) is 11.8 Å². The van der Waals surface area contributed by atoms with Gasteiger partial charge in [-0.15, -0.1) is 0 Å². The van der Waals surface area contributed by atoms with Crippen LogP contribution in [0.25, 0.3) is 10.9 Å². The number of aromatic nitrogens is 1. The fraction of sp³-hybridized carbons (Fsp3) is 0.185. The molecule has 2 heterocycles. The van der Waals surface area contributed by atoms with Crippen LogP contribution in [-0.4, -0.2) is 42.0 Å². The van der Waals surface area contributed by atoms with Crippen molar-refractivity contribution < 1.29 is 19.1 Å². The summed E-state index contributed by atoms with van der Waals surface area (Å²) >= 11 is 0. The number of nitrogens with zero attached hydrogens (tertiary/aromatic N) is 2. The minimum absolute atomic E-state index is 0.101. The van der Waals surface area contributed by atoms with E-state index in [-0.39, 0.29) is 24.4 Å². The highest BCUT2D eigenvalue weighted by molar-refractivity contribution is 6.04. The van der Waals surface area contributed by atoms with E-state index in [4.69, 9.17) is 9.47 Å². The fourth-order valence-corrected chi connectivity index (χ4v) is 4.71. The van der Waals surface area contributed by atoms with Crippen LogP contribution in [0.3, 0.4) is 0 Å². The third-order valence-corrected chi connectivity index (χ3v) is 6.28. The molecule has 3 aromatic carbocycles. The van der Waals surface area contributed by atoms with Gasteiger partial charge in [0.2, 0.25) is 5.91 Å². The predicted octanol–water partition coefficient (Wildman–Crippen LogP) is 4.38. The number of aryl methyl sites for hydroxylation is 1. The Morgan fingerprint density at radius 1 is 0.971 bits per heavy atom. The maximum absolute atomic E-state index is 13.4. The largest absolute Gasteiger partial charge is 0.497 e. The molecule has 7 heteroatoms. The van der Waals surface area contributed by atoms with E-state index in [0.29, 0.717) is 22.7 Å². The predicted molar refractivity (Wildman–Crippen MR) is 130 cm³/mol. The summed E-state index contributed by atoms with van der Waals surface area (Å²) in [6.07, 6.45) is 2.04. The van der Waals surface area contributed by atoms with Crippen LogP contribution in [0.2, 0.25) is 0 Å². The summed E-state index contributed by atoms with van der Waals surface area (Å²) in [5.41, 5.74) is 4.10. The van der Waals surface area contributed by atoms with Crippen LogP contribution in [0.5, 0.6) is 11.5 Å². The van der Waals surface area contributed by atoms with E-state index >= 15 is 0 Å². The van der Waals surface area contributed by atoms with Crippen molar-refractivity contribution in [1.82, 2.24) is 9.47 Å². The van der Waals surface area contributed by atoms with Crippen molar-refractivity contribution in [1.29, 1.82) is 0 Å². The van der Waals surface area contributed by atoms with E-state index in [0.717, 1.165) is 22.0 Å². The third kappa shape index (κ3) is 3.55. The van der Waals surface area contributed by atoms with Gasteiger partial charge in [-0.05, 0) is 29.8 Å². The quantitative estimate of drug-likeness (QED) is 0.468. The lowest BCUT2D eigenvalue weighted by Gasteiger charge is -2.25. The SMILES string of the molecule is COc1ccc(NC(=O)CN2C(=O)c3ccccc3[C@@H]2c2cn(C)c3ccccc23)c(OC)c1. The van der Waals surface area contributed by atoms with Crippen molar-refractivity contribution in [3.63, 3.8) is 0 Å². The molecule has 1 aromatic heterocycles. The van der Waals surface area contributed by atoms with Crippen molar-refractivity contribution in [3.05, 3.63) is 89.6 Å². The van der Waals surface area contributed by atoms with E-state index in [1.807, 2.05) is 49.6 Å². The number of carbonyl (C=O) groups excluding carboxylic acids is 2. The van der Waals surface area contributed by atoms with E-state index < -0.39 is 0 Å². The Morgan fingerprint density at radius 2 is 1.74 bits per heavy atom. The number of amides is 2. The van der Waals surface area contributed by atoms with Gasteiger partial charge in [0.05, 0.1) is 25.9 Å². The Labute approximate surface area is 197 Å². The molecule has 5 rings (SSSR count). The molecular formula is C27H25N3O4. The number of nitrogens with one attached hydrogen (secondary N) is 1. The molecule has 4 aromatic rings. The second kappa shape index (κ2) is 8.59. The number of fused-ring (bicyclic) bond motifs is 2. The van der Waals surface area contributed by atoms with Gasteiger partial charge in [0.1, 0.15) is 18.0 Å². The first kappa shape index (κ1) is 21.6. The topological polar surface area (TPSA) is 72.8 Å². The number of hydrogen-bond donors (Lipinski definition) is 1. The number of para-hydroxylation sites is 1. The molecule has 0 fully saturated rings. The Hall–Kier alpha value is -4.26. The van der Waals surface area contributed by atoms with E-state index in [2.05, 4.69) is 22.0 Å². The molecule has 2 amide bonds. The van der Waals surface area contributed by atoms with Gasteiger partial charge in [-0.3, -0.25) is 9.59 Å². The van der Waals surface area contributed by atoms with Gasteiger partial charge in [-0.2, -0.15) is 0 Å². The summed E-state index contributed by atoms with van der Waals surface area (Å²) in [5, 5.41) is 3.94. The molecule has 1 N–H and O–H groups in total. The summed E-state index contributed by atoms with van der Waals surface area (Å²) in [5.74, 6) is 0.630. The number of methoxy groups -OCH3 is 2. The lowest BCUT2D eigenvalue weighted by atomic mass is 9.97. The average molecular weight is 456 g/mol. The molecule has 0 saturated carbocycles. The number of hydrogen-bond acceptors (Lipinski definition) is 4. The van der Waals surface area contributed by atoms with Crippen LogP contribution in [0, 0.1) is 0 Å². The van der Waals surface area contributed by atoms with Gasteiger partial charge in [0.15, 0.2) is 0 Å². The Morgan fingerprint density at radius 3 is 2.53 bits per heavy atom. The highest BCUT2D eigenvalue weighted by Gasteiger charge is 2.39. The number of ether oxygens (including phenoxy) is 2. The standard InChI is InChI=1S/C27H25N3O4/c1-29-15-21(18-8-6-7-11-23(18)29)26-19-9-4-5-10-20(19)27(32)30(26)16-25(31)28-22-13-12-17(33-2)14-24(22)34-3/h4-15,26H,16H2,1-3H3,(H,28,31)/t26-/m1/s1. The maximum Gasteiger partial charge on any atom is 0.255 e. The molecule has 1 atom stereocenters. The molecule has 34 heavy (non-hydrogen) atoms. The van der Waals surface area contributed by atoms with Crippen molar-refractivity contribution in [2.75, 3.05) is 26.1 Å². The Kier molecular flexibility index (Phi) is 5.45. The van der Waals surface area contributed by atoms with Gasteiger partial charge in [0.25, 0.3) is 5.91 Å². The minimum atomic E-state index is -0.363. The van der Waals surface area contributed by atoms with Gasteiger partial charge in [0, 0.05) is 41.3 Å². The smallest absolute Gasteiger partial charge is 0.255 e. The summed E-state index contributed by atoms with van der Waals surface area (Å²) in [7, 11) is 5.08. The highest BCUT2D eigenvalue weighted by Crippen LogP contribution is 2.41. The second-order valence-corrected chi connectivity index (χ2v) is 8.25. The van der Waals surface area contributed by atoms with Gasteiger partial charge in [-0.1, -0.05) is 36.4 Å². The summed E-state index contributed by atoms with van der Waals surface area (Å²) in [6, 6.07) is 20.4. The molecule has 1 aliphatic rings. The van der Waals surface area contributed by atoms with E-state index in [9.17, 15) is 9.59 Å². The number of benzene rings is 3. The summed E-state index contributed by atoms with van der Waals surface area (Å²) in [4.78, 5) is 28.2. The molecule has 0 bridgehead atoms. The first-order valence-electron chi connectivity index (χ1n) is 11.0.